The van der Waals surface area contributed by atoms with Crippen molar-refractivity contribution in [2.45, 2.75) is 53.1 Å². The van der Waals surface area contributed by atoms with Gasteiger partial charge in [-0.15, -0.1) is 0 Å². The summed E-state index contributed by atoms with van der Waals surface area (Å²) in [6, 6.07) is 1.49. The lowest BCUT2D eigenvalue weighted by atomic mass is 10.1. The van der Waals surface area contributed by atoms with E-state index in [4.69, 9.17) is 0 Å². The molecular weight excluding hydrogens is 172 g/mol. The third-order valence-corrected chi connectivity index (χ3v) is 2.87. The van der Waals surface area contributed by atoms with Crippen LogP contribution in [0.25, 0.3) is 0 Å². The average molecular weight is 200 g/mol. The molecule has 1 unspecified atom stereocenters. The standard InChI is InChI=1S/C10H22N2.C2H6/c1-5-10-8-11(4)6-7-12(10)9(2)3;1-2/h9-10H,5-8H2,1-4H3;1-2H3. The molecule has 1 aliphatic heterocycles. The van der Waals surface area contributed by atoms with Crippen molar-refractivity contribution >= 4 is 0 Å². The summed E-state index contributed by atoms with van der Waals surface area (Å²) in [6.07, 6.45) is 1.28. The highest BCUT2D eigenvalue weighted by molar-refractivity contribution is 4.81. The third kappa shape index (κ3) is 3.97. The van der Waals surface area contributed by atoms with Crippen LogP contribution in [0.4, 0.5) is 0 Å². The number of nitrogens with zero attached hydrogens (tertiary/aromatic N) is 2. The fraction of sp³-hybridized carbons (Fsp3) is 1.00. The highest BCUT2D eigenvalue weighted by Gasteiger charge is 2.24. The lowest BCUT2D eigenvalue weighted by Gasteiger charge is -2.42. The molecule has 0 aromatic heterocycles. The van der Waals surface area contributed by atoms with Gasteiger partial charge < -0.3 is 4.90 Å². The van der Waals surface area contributed by atoms with Crippen LogP contribution >= 0.6 is 0 Å². The fourth-order valence-electron chi connectivity index (χ4n) is 2.07. The quantitative estimate of drug-likeness (QED) is 0.675. The second kappa shape index (κ2) is 7.24. The van der Waals surface area contributed by atoms with E-state index in [2.05, 4.69) is 37.6 Å². The van der Waals surface area contributed by atoms with Gasteiger partial charge in [0.2, 0.25) is 0 Å². The Kier molecular flexibility index (Phi) is 7.20. The van der Waals surface area contributed by atoms with Gasteiger partial charge in [0.1, 0.15) is 0 Å². The molecule has 14 heavy (non-hydrogen) atoms. The van der Waals surface area contributed by atoms with E-state index in [1.807, 2.05) is 13.8 Å². The van der Waals surface area contributed by atoms with Crippen LogP contribution in [0.15, 0.2) is 0 Å². The average Bonchev–Trinajstić information content (AvgIpc) is 2.20. The van der Waals surface area contributed by atoms with Crippen molar-refractivity contribution in [2.24, 2.45) is 0 Å². The molecule has 86 valence electrons. The van der Waals surface area contributed by atoms with Crippen molar-refractivity contribution in [1.29, 1.82) is 0 Å². The van der Waals surface area contributed by atoms with Gasteiger partial charge in [0, 0.05) is 31.7 Å². The smallest absolute Gasteiger partial charge is 0.0223 e. The van der Waals surface area contributed by atoms with Gasteiger partial charge >= 0.3 is 0 Å². The van der Waals surface area contributed by atoms with Crippen LogP contribution < -0.4 is 0 Å². The van der Waals surface area contributed by atoms with Gasteiger partial charge in [-0.05, 0) is 27.3 Å². The van der Waals surface area contributed by atoms with Crippen molar-refractivity contribution in [3.8, 4) is 0 Å². The van der Waals surface area contributed by atoms with Gasteiger partial charge in [0.05, 0.1) is 0 Å². The topological polar surface area (TPSA) is 6.48 Å². The number of hydrogen-bond acceptors (Lipinski definition) is 2. The summed E-state index contributed by atoms with van der Waals surface area (Å²) >= 11 is 0. The lowest BCUT2D eigenvalue weighted by molar-refractivity contribution is 0.0623. The van der Waals surface area contributed by atoms with Crippen LogP contribution in [0.1, 0.15) is 41.0 Å². The zero-order chi connectivity index (χ0) is 11.1. The molecule has 0 saturated carbocycles. The Morgan fingerprint density at radius 1 is 1.21 bits per heavy atom. The monoisotopic (exact) mass is 200 g/mol. The number of hydrogen-bond donors (Lipinski definition) is 0. The van der Waals surface area contributed by atoms with Crippen LogP contribution in [-0.2, 0) is 0 Å². The Balaban J connectivity index is 0.000000791. The molecule has 0 bridgehead atoms. The van der Waals surface area contributed by atoms with Crippen molar-refractivity contribution in [3.63, 3.8) is 0 Å². The van der Waals surface area contributed by atoms with E-state index in [9.17, 15) is 0 Å². The first-order valence-electron chi connectivity index (χ1n) is 6.09. The van der Waals surface area contributed by atoms with E-state index in [-0.39, 0.29) is 0 Å². The molecule has 1 atom stereocenters. The second-order valence-corrected chi connectivity index (χ2v) is 4.16. The highest BCUT2D eigenvalue weighted by atomic mass is 15.3. The van der Waals surface area contributed by atoms with Gasteiger partial charge in [-0.3, -0.25) is 4.90 Å². The zero-order valence-corrected chi connectivity index (χ0v) is 10.9. The molecule has 1 heterocycles. The van der Waals surface area contributed by atoms with Gasteiger partial charge in [-0.25, -0.2) is 0 Å². The van der Waals surface area contributed by atoms with Crippen LogP contribution in [0, 0.1) is 0 Å². The maximum Gasteiger partial charge on any atom is 0.0223 e. The van der Waals surface area contributed by atoms with Crippen molar-refractivity contribution < 1.29 is 0 Å². The summed E-state index contributed by atoms with van der Waals surface area (Å²) < 4.78 is 0. The third-order valence-electron chi connectivity index (χ3n) is 2.87. The summed E-state index contributed by atoms with van der Waals surface area (Å²) in [4.78, 5) is 5.06. The van der Waals surface area contributed by atoms with Crippen molar-refractivity contribution in [3.05, 3.63) is 0 Å². The molecule has 2 nitrogen and oxygen atoms in total. The van der Waals surface area contributed by atoms with Crippen LogP contribution in [0.5, 0.6) is 0 Å². The second-order valence-electron chi connectivity index (χ2n) is 4.16. The van der Waals surface area contributed by atoms with Gasteiger partial charge in [0.15, 0.2) is 0 Å². The normalized spacial score (nSPS) is 24.6. The predicted molar refractivity (Wildman–Crippen MR) is 64.8 cm³/mol. The molecular formula is C12H28N2. The molecule has 1 fully saturated rings. The van der Waals surface area contributed by atoms with Gasteiger partial charge in [-0.1, -0.05) is 20.8 Å². The summed E-state index contributed by atoms with van der Waals surface area (Å²) in [5.74, 6) is 0. The molecule has 1 rings (SSSR count). The highest BCUT2D eigenvalue weighted by Crippen LogP contribution is 2.14. The zero-order valence-electron chi connectivity index (χ0n) is 10.9. The molecule has 0 radical (unpaired) electrons. The molecule has 0 aliphatic carbocycles. The first-order chi connectivity index (χ1) is 6.65. The first-order valence-corrected chi connectivity index (χ1v) is 6.09. The molecule has 0 aromatic carbocycles. The summed E-state index contributed by atoms with van der Waals surface area (Å²) in [6.45, 7) is 14.6. The molecule has 1 saturated heterocycles. The Labute approximate surface area is 90.3 Å². The molecule has 0 amide bonds. The maximum atomic E-state index is 2.62. The van der Waals surface area contributed by atoms with E-state index in [1.54, 1.807) is 0 Å². The molecule has 0 N–H and O–H groups in total. The van der Waals surface area contributed by atoms with Gasteiger partial charge in [-0.2, -0.15) is 0 Å². The van der Waals surface area contributed by atoms with Crippen LogP contribution in [0.2, 0.25) is 0 Å². The van der Waals surface area contributed by atoms with Crippen LogP contribution in [0.3, 0.4) is 0 Å². The predicted octanol–water partition coefficient (Wildman–Crippen LogP) is 2.45. The number of piperazine rings is 1. The van der Waals surface area contributed by atoms with E-state index in [0.29, 0.717) is 6.04 Å². The number of rotatable bonds is 2. The Bertz CT molecular complexity index is 134. The first kappa shape index (κ1) is 13.9. The summed E-state index contributed by atoms with van der Waals surface area (Å²) in [7, 11) is 2.22. The number of likely N-dealkylation sites (N-methyl/N-ethyl adjacent to an activating group) is 1. The minimum atomic E-state index is 0.712. The van der Waals surface area contributed by atoms with E-state index in [0.717, 1.165) is 6.04 Å². The van der Waals surface area contributed by atoms with Crippen molar-refractivity contribution in [1.82, 2.24) is 9.80 Å². The van der Waals surface area contributed by atoms with Crippen LogP contribution in [-0.4, -0.2) is 48.6 Å². The van der Waals surface area contributed by atoms with E-state index in [1.165, 1.54) is 26.1 Å². The van der Waals surface area contributed by atoms with E-state index < -0.39 is 0 Å². The molecule has 1 aliphatic rings. The van der Waals surface area contributed by atoms with Gasteiger partial charge in [0.25, 0.3) is 0 Å². The SMILES string of the molecule is CC.CCC1CN(C)CCN1C(C)C. The molecule has 0 spiro atoms. The van der Waals surface area contributed by atoms with E-state index >= 15 is 0 Å². The lowest BCUT2D eigenvalue weighted by Crippen LogP contribution is -2.53. The Morgan fingerprint density at radius 2 is 1.79 bits per heavy atom. The molecule has 2 heteroatoms. The van der Waals surface area contributed by atoms with Crippen molar-refractivity contribution in [2.75, 3.05) is 26.7 Å². The summed E-state index contributed by atoms with van der Waals surface area (Å²) in [5.41, 5.74) is 0. The summed E-state index contributed by atoms with van der Waals surface area (Å²) in [5, 5.41) is 0. The Hall–Kier alpha value is -0.0800. The molecule has 0 aromatic rings. The largest absolute Gasteiger partial charge is 0.304 e. The Morgan fingerprint density at radius 3 is 2.21 bits per heavy atom. The minimum absolute atomic E-state index is 0.712. The maximum absolute atomic E-state index is 2.62. The minimum Gasteiger partial charge on any atom is -0.304 e. The fourth-order valence-corrected chi connectivity index (χ4v) is 2.07.